The number of carbonyl (C=O) groups excluding carboxylic acids is 2. The lowest BCUT2D eigenvalue weighted by atomic mass is 9.98. The normalized spacial score (nSPS) is 11.2. The zero-order valence-corrected chi connectivity index (χ0v) is 26.0. The van der Waals surface area contributed by atoms with Gasteiger partial charge in [0.05, 0.1) is 25.6 Å². The van der Waals surface area contributed by atoms with Crippen molar-refractivity contribution in [3.8, 4) is 11.5 Å². The van der Waals surface area contributed by atoms with Crippen molar-refractivity contribution >= 4 is 24.2 Å². The second-order valence-corrected chi connectivity index (χ2v) is 10.6. The number of benzene rings is 3. The molecule has 3 aromatic carbocycles. The Morgan fingerprint density at radius 2 is 1.09 bits per heavy atom. The third kappa shape index (κ3) is 12.4. The number of para-hydroxylation sites is 2. The number of nitrogens with one attached hydrogen (secondary N) is 2. The summed E-state index contributed by atoms with van der Waals surface area (Å²) in [6.45, 7) is 5.59. The monoisotopic (exact) mass is 598 g/mol. The number of amides is 2. The van der Waals surface area contributed by atoms with Gasteiger partial charge in [-0.05, 0) is 49.1 Å². The second kappa shape index (κ2) is 20.4. The van der Waals surface area contributed by atoms with E-state index in [1.165, 1.54) is 38.1 Å². The Labute approximate surface area is 261 Å². The summed E-state index contributed by atoms with van der Waals surface area (Å²) in [7, 11) is 0. The van der Waals surface area contributed by atoms with Crippen molar-refractivity contribution in [2.45, 2.75) is 71.6 Å². The highest BCUT2D eigenvalue weighted by Gasteiger charge is 2.27. The molecule has 0 saturated heterocycles. The fraction of sp³-hybridized carbons (Fsp3) is 0.389. The number of hydrogen-bond acceptors (Lipinski definition) is 6. The van der Waals surface area contributed by atoms with Crippen molar-refractivity contribution in [1.29, 1.82) is 0 Å². The average Bonchev–Trinajstić information content (AvgIpc) is 3.05. The van der Waals surface area contributed by atoms with Crippen LogP contribution in [0.15, 0.2) is 89.1 Å². The van der Waals surface area contributed by atoms with E-state index in [0.29, 0.717) is 24.7 Å². The fourth-order valence-electron chi connectivity index (χ4n) is 4.50. The van der Waals surface area contributed by atoms with Gasteiger partial charge in [0, 0.05) is 11.1 Å². The first kappa shape index (κ1) is 34.0. The summed E-state index contributed by atoms with van der Waals surface area (Å²) >= 11 is 0. The molecule has 0 fully saturated rings. The van der Waals surface area contributed by atoms with E-state index in [1.54, 1.807) is 0 Å². The summed E-state index contributed by atoms with van der Waals surface area (Å²) in [6.07, 6.45) is 12.2. The first-order chi connectivity index (χ1) is 21.6. The van der Waals surface area contributed by atoms with Crippen molar-refractivity contribution in [2.24, 2.45) is 16.1 Å². The second-order valence-electron chi connectivity index (χ2n) is 10.6. The summed E-state index contributed by atoms with van der Waals surface area (Å²) in [5.74, 6) is -0.736. The van der Waals surface area contributed by atoms with Gasteiger partial charge in [-0.2, -0.15) is 10.2 Å². The standard InChI is InChI=1S/C36H46N4O4/c1-3-5-7-16-24-43-33-22-14-12-20-30(33)27-37-39-35(41)32(26-29-18-10-9-11-19-29)36(42)40-38-28-31-21-13-15-23-34(31)44-25-17-8-6-4-2/h9-15,18-23,27-28,32H,3-8,16-17,24-26H2,1-2H3,(H,39,41)(H,40,42)/b37-27-,38-28-. The molecule has 0 radical (unpaired) electrons. The van der Waals surface area contributed by atoms with Gasteiger partial charge in [-0.1, -0.05) is 107 Å². The highest BCUT2D eigenvalue weighted by Crippen LogP contribution is 2.18. The lowest BCUT2D eigenvalue weighted by Crippen LogP contribution is -2.39. The average molecular weight is 599 g/mol. The molecule has 0 aliphatic rings. The van der Waals surface area contributed by atoms with Crippen molar-refractivity contribution in [3.63, 3.8) is 0 Å². The molecule has 2 N–H and O–H groups in total. The molecule has 8 heteroatoms. The molecule has 0 aromatic heterocycles. The van der Waals surface area contributed by atoms with Gasteiger partial charge >= 0.3 is 0 Å². The van der Waals surface area contributed by atoms with Crippen LogP contribution in [0.2, 0.25) is 0 Å². The van der Waals surface area contributed by atoms with Crippen LogP contribution in [-0.4, -0.2) is 37.5 Å². The lowest BCUT2D eigenvalue weighted by molar-refractivity contribution is -0.135. The van der Waals surface area contributed by atoms with Crippen LogP contribution in [0.25, 0.3) is 0 Å². The molecule has 3 aromatic rings. The third-order valence-electron chi connectivity index (χ3n) is 7.02. The van der Waals surface area contributed by atoms with E-state index in [1.807, 2.05) is 78.9 Å². The Morgan fingerprint density at radius 1 is 0.636 bits per heavy atom. The first-order valence-electron chi connectivity index (χ1n) is 15.8. The minimum atomic E-state index is -1.05. The smallest absolute Gasteiger partial charge is 0.253 e. The van der Waals surface area contributed by atoms with E-state index in [-0.39, 0.29) is 6.42 Å². The molecule has 8 nitrogen and oxygen atoms in total. The molecule has 234 valence electrons. The highest BCUT2D eigenvalue weighted by molar-refractivity contribution is 6.01. The van der Waals surface area contributed by atoms with Gasteiger partial charge in [0.15, 0.2) is 0 Å². The van der Waals surface area contributed by atoms with E-state index in [9.17, 15) is 9.59 Å². The van der Waals surface area contributed by atoms with E-state index in [0.717, 1.165) is 42.4 Å². The molecule has 44 heavy (non-hydrogen) atoms. The van der Waals surface area contributed by atoms with Crippen LogP contribution in [0.3, 0.4) is 0 Å². The van der Waals surface area contributed by atoms with E-state index in [4.69, 9.17) is 9.47 Å². The Balaban J connectivity index is 1.63. The molecular weight excluding hydrogens is 552 g/mol. The number of rotatable bonds is 20. The number of hydrazone groups is 2. The molecule has 3 rings (SSSR count). The number of hydrogen-bond donors (Lipinski definition) is 2. The van der Waals surface area contributed by atoms with Gasteiger partial charge in [0.1, 0.15) is 17.4 Å². The van der Waals surface area contributed by atoms with E-state index < -0.39 is 17.7 Å². The quantitative estimate of drug-likeness (QED) is 0.0629. The molecule has 0 aliphatic heterocycles. The van der Waals surface area contributed by atoms with Crippen molar-refractivity contribution in [3.05, 3.63) is 95.6 Å². The van der Waals surface area contributed by atoms with Crippen molar-refractivity contribution in [2.75, 3.05) is 13.2 Å². The van der Waals surface area contributed by atoms with E-state index >= 15 is 0 Å². The zero-order chi connectivity index (χ0) is 31.2. The Bertz CT molecular complexity index is 1240. The zero-order valence-electron chi connectivity index (χ0n) is 26.0. The summed E-state index contributed by atoms with van der Waals surface area (Å²) in [5.41, 5.74) is 7.41. The van der Waals surface area contributed by atoms with Gasteiger partial charge < -0.3 is 9.47 Å². The minimum Gasteiger partial charge on any atom is -0.493 e. The maximum atomic E-state index is 13.2. The van der Waals surface area contributed by atoms with Gasteiger partial charge in [-0.3, -0.25) is 9.59 Å². The highest BCUT2D eigenvalue weighted by atomic mass is 16.5. The van der Waals surface area contributed by atoms with Crippen LogP contribution in [0.4, 0.5) is 0 Å². The van der Waals surface area contributed by atoms with E-state index in [2.05, 4.69) is 34.9 Å². The number of nitrogens with zero attached hydrogens (tertiary/aromatic N) is 2. The third-order valence-corrected chi connectivity index (χ3v) is 7.02. The van der Waals surface area contributed by atoms with Crippen LogP contribution in [-0.2, 0) is 16.0 Å². The predicted octanol–water partition coefficient (Wildman–Crippen LogP) is 7.06. The largest absolute Gasteiger partial charge is 0.493 e. The summed E-state index contributed by atoms with van der Waals surface area (Å²) in [4.78, 5) is 26.5. The summed E-state index contributed by atoms with van der Waals surface area (Å²) < 4.78 is 11.9. The van der Waals surface area contributed by atoms with Gasteiger partial charge in [0.25, 0.3) is 11.8 Å². The predicted molar refractivity (Wildman–Crippen MR) is 177 cm³/mol. The summed E-state index contributed by atoms with van der Waals surface area (Å²) in [6, 6.07) is 24.4. The van der Waals surface area contributed by atoms with Gasteiger partial charge in [-0.25, -0.2) is 10.9 Å². The fourth-order valence-corrected chi connectivity index (χ4v) is 4.50. The minimum absolute atomic E-state index is 0.193. The molecule has 0 spiro atoms. The number of ether oxygens (including phenoxy) is 2. The molecule has 2 amide bonds. The van der Waals surface area contributed by atoms with Gasteiger partial charge in [0.2, 0.25) is 0 Å². The van der Waals surface area contributed by atoms with Gasteiger partial charge in [-0.15, -0.1) is 0 Å². The maximum absolute atomic E-state index is 13.2. The lowest BCUT2D eigenvalue weighted by Gasteiger charge is -2.14. The number of carbonyl (C=O) groups is 2. The van der Waals surface area contributed by atoms with Crippen LogP contribution < -0.4 is 20.3 Å². The first-order valence-corrected chi connectivity index (χ1v) is 15.8. The molecular formula is C36H46N4O4. The molecule has 0 bridgehead atoms. The molecule has 0 aliphatic carbocycles. The molecule has 0 heterocycles. The molecule has 0 unspecified atom stereocenters. The van der Waals surface area contributed by atoms with Crippen LogP contribution in [0.1, 0.15) is 81.9 Å². The molecule has 0 saturated carbocycles. The Morgan fingerprint density at radius 3 is 1.57 bits per heavy atom. The van der Waals surface area contributed by atoms with Crippen molar-refractivity contribution < 1.29 is 19.1 Å². The maximum Gasteiger partial charge on any atom is 0.253 e. The SMILES string of the molecule is CCCCCCOc1ccccc1/C=N\NC(=O)C(Cc1ccccc1)C(=O)N/N=C\c1ccccc1OCCCCCC. The molecule has 0 atom stereocenters. The van der Waals surface area contributed by atoms with Crippen LogP contribution in [0.5, 0.6) is 11.5 Å². The Kier molecular flexibility index (Phi) is 15.8. The van der Waals surface area contributed by atoms with Crippen molar-refractivity contribution in [1.82, 2.24) is 10.9 Å². The Hall–Kier alpha value is -4.46. The summed E-state index contributed by atoms with van der Waals surface area (Å²) in [5, 5.41) is 8.30. The van der Waals surface area contributed by atoms with Crippen LogP contribution in [0, 0.1) is 5.92 Å². The van der Waals surface area contributed by atoms with Crippen LogP contribution >= 0.6 is 0 Å². The topological polar surface area (TPSA) is 101 Å². The number of unbranched alkanes of at least 4 members (excludes halogenated alkanes) is 6.